The summed E-state index contributed by atoms with van der Waals surface area (Å²) in [5.41, 5.74) is -0.942. The van der Waals surface area contributed by atoms with Crippen LogP contribution in [-0.4, -0.2) is 15.8 Å². The fourth-order valence-corrected chi connectivity index (χ4v) is 1.66. The van der Waals surface area contributed by atoms with Gasteiger partial charge in [0.2, 0.25) is 0 Å². The predicted octanol–water partition coefficient (Wildman–Crippen LogP) is 3.38. The lowest BCUT2D eigenvalue weighted by Crippen LogP contribution is -2.10. The molecule has 0 amide bonds. The molecule has 0 aliphatic carbocycles. The van der Waals surface area contributed by atoms with Crippen LogP contribution in [-0.2, 0) is 6.18 Å². The van der Waals surface area contributed by atoms with Crippen molar-refractivity contribution >= 4 is 17.4 Å². The fraction of sp³-hybridized carbons (Fsp3) is 0.0833. The van der Waals surface area contributed by atoms with Crippen molar-refractivity contribution < 1.29 is 18.0 Å². The monoisotopic (exact) mass is 286 g/mol. The summed E-state index contributed by atoms with van der Waals surface area (Å²) in [7, 11) is 0. The van der Waals surface area contributed by atoms with Crippen LogP contribution in [0.25, 0.3) is 0 Å². The van der Waals surface area contributed by atoms with Crippen LogP contribution in [0.4, 0.5) is 13.2 Å². The Bertz CT molecular complexity index is 614. The molecule has 0 aromatic carbocycles. The van der Waals surface area contributed by atoms with Gasteiger partial charge in [-0.05, 0) is 24.3 Å². The molecule has 98 valence electrons. The largest absolute Gasteiger partial charge is 0.433 e. The van der Waals surface area contributed by atoms with E-state index in [4.69, 9.17) is 11.6 Å². The van der Waals surface area contributed by atoms with E-state index in [1.54, 1.807) is 0 Å². The number of ketones is 1. The van der Waals surface area contributed by atoms with E-state index in [0.29, 0.717) is 0 Å². The zero-order valence-corrected chi connectivity index (χ0v) is 10.0. The lowest BCUT2D eigenvalue weighted by molar-refractivity contribution is -0.141. The van der Waals surface area contributed by atoms with Crippen LogP contribution in [0.5, 0.6) is 0 Å². The molecular weight excluding hydrogens is 281 g/mol. The third-order valence-corrected chi connectivity index (χ3v) is 2.61. The molecular formula is C12H6ClF3N2O. The number of hydrogen-bond donors (Lipinski definition) is 0. The Morgan fingerprint density at radius 3 is 2.26 bits per heavy atom. The van der Waals surface area contributed by atoms with Crippen molar-refractivity contribution in [3.05, 3.63) is 58.6 Å². The van der Waals surface area contributed by atoms with Gasteiger partial charge in [-0.25, -0.2) is 4.98 Å². The van der Waals surface area contributed by atoms with E-state index < -0.39 is 22.8 Å². The standard InChI is InChI=1S/C12H6ClF3N2O/c13-11-8(1-2-9(18-11)12(14,15)16)10(19)7-3-5-17-6-4-7/h1-6H. The summed E-state index contributed by atoms with van der Waals surface area (Å²) < 4.78 is 37.2. The molecule has 0 aliphatic rings. The van der Waals surface area contributed by atoms with Gasteiger partial charge in [-0.1, -0.05) is 11.6 Å². The summed E-state index contributed by atoms with van der Waals surface area (Å²) in [6.45, 7) is 0. The van der Waals surface area contributed by atoms with E-state index in [-0.39, 0.29) is 11.1 Å². The molecule has 2 aromatic heterocycles. The molecule has 2 heterocycles. The van der Waals surface area contributed by atoms with E-state index in [1.165, 1.54) is 24.5 Å². The Morgan fingerprint density at radius 1 is 1.11 bits per heavy atom. The number of nitrogens with zero attached hydrogens (tertiary/aromatic N) is 2. The van der Waals surface area contributed by atoms with Gasteiger partial charge in [0.25, 0.3) is 0 Å². The first-order valence-corrected chi connectivity index (χ1v) is 5.46. The summed E-state index contributed by atoms with van der Waals surface area (Å²) in [5, 5.41) is -0.475. The highest BCUT2D eigenvalue weighted by molar-refractivity contribution is 6.33. The van der Waals surface area contributed by atoms with Crippen LogP contribution < -0.4 is 0 Å². The number of aromatic nitrogens is 2. The first-order chi connectivity index (χ1) is 8.89. The van der Waals surface area contributed by atoms with E-state index in [1.807, 2.05) is 0 Å². The molecule has 0 spiro atoms. The van der Waals surface area contributed by atoms with Crippen LogP contribution in [0.3, 0.4) is 0 Å². The summed E-state index contributed by atoms with van der Waals surface area (Å²) in [5.74, 6) is -0.506. The molecule has 0 unspecified atom stereocenters. The first-order valence-electron chi connectivity index (χ1n) is 5.08. The quantitative estimate of drug-likeness (QED) is 0.628. The van der Waals surface area contributed by atoms with Crippen molar-refractivity contribution in [3.63, 3.8) is 0 Å². The molecule has 0 aliphatic heterocycles. The highest BCUT2D eigenvalue weighted by atomic mass is 35.5. The Balaban J connectivity index is 2.40. The highest BCUT2D eigenvalue weighted by Gasteiger charge is 2.33. The number of hydrogen-bond acceptors (Lipinski definition) is 3. The maximum Gasteiger partial charge on any atom is 0.433 e. The van der Waals surface area contributed by atoms with Crippen LogP contribution in [0.1, 0.15) is 21.6 Å². The van der Waals surface area contributed by atoms with E-state index >= 15 is 0 Å². The van der Waals surface area contributed by atoms with Gasteiger partial charge in [0.05, 0.1) is 5.56 Å². The Kier molecular flexibility index (Phi) is 3.53. The van der Waals surface area contributed by atoms with Crippen LogP contribution in [0.15, 0.2) is 36.7 Å². The second-order valence-electron chi connectivity index (χ2n) is 3.60. The number of halogens is 4. The average Bonchev–Trinajstić information content (AvgIpc) is 2.38. The van der Waals surface area contributed by atoms with Gasteiger partial charge >= 0.3 is 6.18 Å². The van der Waals surface area contributed by atoms with Crippen molar-refractivity contribution in [2.75, 3.05) is 0 Å². The van der Waals surface area contributed by atoms with Gasteiger partial charge < -0.3 is 0 Å². The normalized spacial score (nSPS) is 11.4. The Morgan fingerprint density at radius 2 is 1.74 bits per heavy atom. The van der Waals surface area contributed by atoms with Crippen molar-refractivity contribution in [1.82, 2.24) is 9.97 Å². The topological polar surface area (TPSA) is 42.9 Å². The number of rotatable bonds is 2. The van der Waals surface area contributed by atoms with Gasteiger partial charge in [-0.15, -0.1) is 0 Å². The number of carbonyl (C=O) groups is 1. The second kappa shape index (κ2) is 4.97. The number of pyridine rings is 2. The zero-order valence-electron chi connectivity index (χ0n) is 9.28. The fourth-order valence-electron chi connectivity index (χ4n) is 1.42. The highest BCUT2D eigenvalue weighted by Crippen LogP contribution is 2.29. The van der Waals surface area contributed by atoms with Crippen LogP contribution >= 0.6 is 11.6 Å². The summed E-state index contributed by atoms with van der Waals surface area (Å²) in [4.78, 5) is 18.9. The smallest absolute Gasteiger partial charge is 0.288 e. The molecule has 0 N–H and O–H groups in total. The third kappa shape index (κ3) is 2.90. The van der Waals surface area contributed by atoms with Gasteiger partial charge in [-0.3, -0.25) is 9.78 Å². The maximum absolute atomic E-state index is 12.4. The van der Waals surface area contributed by atoms with Gasteiger partial charge in [0, 0.05) is 18.0 Å². The molecule has 3 nitrogen and oxygen atoms in total. The SMILES string of the molecule is O=C(c1ccncc1)c1ccc(C(F)(F)F)nc1Cl. The molecule has 7 heteroatoms. The number of alkyl halides is 3. The van der Waals surface area contributed by atoms with E-state index in [2.05, 4.69) is 9.97 Å². The lowest BCUT2D eigenvalue weighted by atomic mass is 10.1. The van der Waals surface area contributed by atoms with Crippen molar-refractivity contribution in [3.8, 4) is 0 Å². The van der Waals surface area contributed by atoms with Crippen molar-refractivity contribution in [2.24, 2.45) is 0 Å². The predicted molar refractivity (Wildman–Crippen MR) is 61.9 cm³/mol. The molecule has 0 saturated heterocycles. The second-order valence-corrected chi connectivity index (χ2v) is 3.96. The number of carbonyl (C=O) groups excluding carboxylic acids is 1. The third-order valence-electron chi connectivity index (χ3n) is 2.33. The lowest BCUT2D eigenvalue weighted by Gasteiger charge is -2.08. The summed E-state index contributed by atoms with van der Waals surface area (Å²) in [6, 6.07) is 4.62. The minimum atomic E-state index is -4.60. The summed E-state index contributed by atoms with van der Waals surface area (Å²) >= 11 is 5.63. The van der Waals surface area contributed by atoms with Gasteiger partial charge in [0.1, 0.15) is 10.8 Å². The molecule has 2 aromatic rings. The molecule has 0 saturated carbocycles. The Hall–Kier alpha value is -1.95. The first kappa shape index (κ1) is 13.5. The van der Waals surface area contributed by atoms with Crippen molar-refractivity contribution in [1.29, 1.82) is 0 Å². The van der Waals surface area contributed by atoms with Crippen molar-refractivity contribution in [2.45, 2.75) is 6.18 Å². The minimum absolute atomic E-state index is 0.0825. The zero-order chi connectivity index (χ0) is 14.0. The molecule has 0 atom stereocenters. The average molecular weight is 287 g/mol. The van der Waals surface area contributed by atoms with Gasteiger partial charge in [-0.2, -0.15) is 13.2 Å². The molecule has 0 fully saturated rings. The molecule has 19 heavy (non-hydrogen) atoms. The van der Waals surface area contributed by atoms with E-state index in [0.717, 1.165) is 12.1 Å². The minimum Gasteiger partial charge on any atom is -0.288 e. The van der Waals surface area contributed by atoms with Crippen LogP contribution in [0.2, 0.25) is 5.15 Å². The van der Waals surface area contributed by atoms with Crippen LogP contribution in [0, 0.1) is 0 Å². The summed E-state index contributed by atoms with van der Waals surface area (Å²) in [6.07, 6.45) is -1.79. The van der Waals surface area contributed by atoms with E-state index in [9.17, 15) is 18.0 Å². The molecule has 0 bridgehead atoms. The maximum atomic E-state index is 12.4. The molecule has 2 rings (SSSR count). The van der Waals surface area contributed by atoms with Gasteiger partial charge in [0.15, 0.2) is 5.78 Å². The molecule has 0 radical (unpaired) electrons. The Labute approximate surface area is 111 Å².